The SMILES string of the molecule is CC(=O)N1CCC[C@@H]1c1cncc(CNS(=O)(=O)c2cn[nH]c2)n1. The number of nitrogens with zero attached hydrogens (tertiary/aromatic N) is 4. The van der Waals surface area contributed by atoms with E-state index in [9.17, 15) is 13.2 Å². The van der Waals surface area contributed by atoms with Crippen molar-refractivity contribution in [3.63, 3.8) is 0 Å². The Balaban J connectivity index is 1.73. The van der Waals surface area contributed by atoms with Crippen molar-refractivity contribution in [3.05, 3.63) is 36.2 Å². The van der Waals surface area contributed by atoms with Gasteiger partial charge in [0.15, 0.2) is 0 Å². The minimum Gasteiger partial charge on any atom is -0.334 e. The molecule has 1 aliphatic rings. The summed E-state index contributed by atoms with van der Waals surface area (Å²) in [5.74, 6) is 0.00497. The quantitative estimate of drug-likeness (QED) is 0.803. The zero-order valence-corrected chi connectivity index (χ0v) is 14.0. The third-order valence-electron chi connectivity index (χ3n) is 3.93. The molecule has 1 fully saturated rings. The van der Waals surface area contributed by atoms with Crippen molar-refractivity contribution >= 4 is 15.9 Å². The van der Waals surface area contributed by atoms with E-state index in [1.54, 1.807) is 11.1 Å². The number of carbonyl (C=O) groups excluding carboxylic acids is 1. The van der Waals surface area contributed by atoms with Crippen LogP contribution in [0.3, 0.4) is 0 Å². The number of carbonyl (C=O) groups is 1. The number of rotatable bonds is 5. The summed E-state index contributed by atoms with van der Waals surface area (Å²) in [5.41, 5.74) is 1.18. The van der Waals surface area contributed by atoms with Crippen LogP contribution in [0.25, 0.3) is 0 Å². The van der Waals surface area contributed by atoms with E-state index in [1.807, 2.05) is 0 Å². The lowest BCUT2D eigenvalue weighted by atomic mass is 10.1. The van der Waals surface area contributed by atoms with E-state index in [2.05, 4.69) is 24.9 Å². The molecule has 1 aliphatic heterocycles. The average molecular weight is 350 g/mol. The Labute approximate surface area is 139 Å². The molecule has 1 saturated heterocycles. The molecule has 0 aliphatic carbocycles. The molecule has 0 bridgehead atoms. The van der Waals surface area contributed by atoms with Crippen molar-refractivity contribution in [3.8, 4) is 0 Å². The number of likely N-dealkylation sites (tertiary alicyclic amines) is 1. The Morgan fingerprint density at radius 3 is 2.96 bits per heavy atom. The van der Waals surface area contributed by atoms with Crippen molar-refractivity contribution in [2.75, 3.05) is 6.54 Å². The van der Waals surface area contributed by atoms with Gasteiger partial charge in [-0.3, -0.25) is 19.9 Å². The summed E-state index contributed by atoms with van der Waals surface area (Å²) >= 11 is 0. The number of amides is 1. The van der Waals surface area contributed by atoms with Gasteiger partial charge in [-0.25, -0.2) is 13.1 Å². The molecule has 0 aromatic carbocycles. The van der Waals surface area contributed by atoms with Gasteiger partial charge in [-0.05, 0) is 12.8 Å². The summed E-state index contributed by atoms with van der Waals surface area (Å²) in [6.07, 6.45) is 7.41. The van der Waals surface area contributed by atoms with Gasteiger partial charge >= 0.3 is 0 Å². The molecule has 1 amide bonds. The lowest BCUT2D eigenvalue weighted by Gasteiger charge is -2.22. The van der Waals surface area contributed by atoms with E-state index in [-0.39, 0.29) is 23.4 Å². The normalized spacial score (nSPS) is 18.0. The number of aromatic nitrogens is 4. The van der Waals surface area contributed by atoms with Gasteiger partial charge in [-0.2, -0.15) is 5.10 Å². The van der Waals surface area contributed by atoms with Gasteiger partial charge < -0.3 is 4.90 Å². The Morgan fingerprint density at radius 1 is 1.42 bits per heavy atom. The highest BCUT2D eigenvalue weighted by molar-refractivity contribution is 7.89. The van der Waals surface area contributed by atoms with Crippen molar-refractivity contribution in [2.45, 2.75) is 37.2 Å². The molecule has 9 nitrogen and oxygen atoms in total. The first-order valence-corrected chi connectivity index (χ1v) is 9.02. The van der Waals surface area contributed by atoms with E-state index in [0.717, 1.165) is 12.8 Å². The molecule has 0 unspecified atom stereocenters. The molecule has 3 rings (SSSR count). The van der Waals surface area contributed by atoms with E-state index in [0.29, 0.717) is 17.9 Å². The standard InChI is InChI=1S/C14H18N6O3S/c1-10(21)20-4-2-3-14(20)13-9-15-5-11(19-13)6-18-24(22,23)12-7-16-17-8-12/h5,7-9,14,18H,2-4,6H2,1H3,(H,16,17)/t14-/m1/s1. The van der Waals surface area contributed by atoms with Crippen LogP contribution in [0.1, 0.15) is 37.2 Å². The molecule has 2 aromatic rings. The monoisotopic (exact) mass is 350 g/mol. The zero-order valence-electron chi connectivity index (χ0n) is 13.1. The summed E-state index contributed by atoms with van der Waals surface area (Å²) in [7, 11) is -3.65. The largest absolute Gasteiger partial charge is 0.334 e. The molecule has 24 heavy (non-hydrogen) atoms. The van der Waals surface area contributed by atoms with Gasteiger partial charge in [0.2, 0.25) is 15.9 Å². The van der Waals surface area contributed by atoms with Gasteiger partial charge in [0.05, 0.1) is 36.4 Å². The van der Waals surface area contributed by atoms with Gasteiger partial charge in [0, 0.05) is 25.9 Å². The van der Waals surface area contributed by atoms with Crippen LogP contribution < -0.4 is 4.72 Å². The average Bonchev–Trinajstić information content (AvgIpc) is 3.24. The number of hydrogen-bond acceptors (Lipinski definition) is 6. The highest BCUT2D eigenvalue weighted by Gasteiger charge is 2.29. The van der Waals surface area contributed by atoms with E-state index in [1.165, 1.54) is 25.5 Å². The minimum absolute atomic E-state index is 0.00497. The zero-order chi connectivity index (χ0) is 17.2. The molecule has 1 atom stereocenters. The van der Waals surface area contributed by atoms with Crippen LogP contribution in [0.5, 0.6) is 0 Å². The van der Waals surface area contributed by atoms with Crippen molar-refractivity contribution in [1.82, 2.24) is 29.8 Å². The summed E-state index contributed by atoms with van der Waals surface area (Å²) in [5, 5.41) is 6.09. The van der Waals surface area contributed by atoms with Crippen LogP contribution in [0.4, 0.5) is 0 Å². The molecule has 0 radical (unpaired) electrons. The molecule has 2 N–H and O–H groups in total. The number of H-pyrrole nitrogens is 1. The van der Waals surface area contributed by atoms with Crippen LogP contribution in [-0.2, 0) is 21.4 Å². The predicted octanol–water partition coefficient (Wildman–Crippen LogP) is 0.362. The van der Waals surface area contributed by atoms with Crippen LogP contribution in [0, 0.1) is 0 Å². The maximum atomic E-state index is 12.1. The smallest absolute Gasteiger partial charge is 0.244 e. The second-order valence-electron chi connectivity index (χ2n) is 5.56. The van der Waals surface area contributed by atoms with E-state index in [4.69, 9.17) is 0 Å². The second kappa shape index (κ2) is 6.65. The lowest BCUT2D eigenvalue weighted by molar-refractivity contribution is -0.129. The maximum Gasteiger partial charge on any atom is 0.244 e. The number of sulfonamides is 1. The highest BCUT2D eigenvalue weighted by Crippen LogP contribution is 2.30. The third-order valence-corrected chi connectivity index (χ3v) is 5.30. The number of aromatic amines is 1. The van der Waals surface area contributed by atoms with Gasteiger partial charge in [0.1, 0.15) is 4.90 Å². The fourth-order valence-corrected chi connectivity index (χ4v) is 3.66. The molecule has 2 aromatic heterocycles. The maximum absolute atomic E-state index is 12.1. The number of nitrogens with one attached hydrogen (secondary N) is 2. The summed E-state index contributed by atoms with van der Waals surface area (Å²) in [6, 6.07) is -0.0968. The number of hydrogen-bond donors (Lipinski definition) is 2. The van der Waals surface area contributed by atoms with Crippen molar-refractivity contribution < 1.29 is 13.2 Å². The van der Waals surface area contributed by atoms with Crippen LogP contribution in [-0.4, -0.2) is 45.9 Å². The fraction of sp³-hybridized carbons (Fsp3) is 0.429. The highest BCUT2D eigenvalue weighted by atomic mass is 32.2. The molecular weight excluding hydrogens is 332 g/mol. The third kappa shape index (κ3) is 3.44. The molecule has 0 saturated carbocycles. The lowest BCUT2D eigenvalue weighted by Crippen LogP contribution is -2.29. The molecule has 3 heterocycles. The molecular formula is C14H18N6O3S. The summed E-state index contributed by atoms with van der Waals surface area (Å²) < 4.78 is 26.6. The van der Waals surface area contributed by atoms with Gasteiger partial charge in [-0.1, -0.05) is 0 Å². The van der Waals surface area contributed by atoms with E-state index < -0.39 is 10.0 Å². The predicted molar refractivity (Wildman–Crippen MR) is 84.0 cm³/mol. The van der Waals surface area contributed by atoms with Crippen LogP contribution in [0.15, 0.2) is 29.7 Å². The van der Waals surface area contributed by atoms with Crippen molar-refractivity contribution in [1.29, 1.82) is 0 Å². The second-order valence-corrected chi connectivity index (χ2v) is 7.33. The Bertz CT molecular complexity index is 821. The minimum atomic E-state index is -3.65. The van der Waals surface area contributed by atoms with Crippen LogP contribution >= 0.6 is 0 Å². The van der Waals surface area contributed by atoms with Crippen LogP contribution in [0.2, 0.25) is 0 Å². The van der Waals surface area contributed by atoms with Gasteiger partial charge in [-0.15, -0.1) is 0 Å². The van der Waals surface area contributed by atoms with Gasteiger partial charge in [0.25, 0.3) is 0 Å². The fourth-order valence-electron chi connectivity index (χ4n) is 2.76. The first kappa shape index (κ1) is 16.5. The Hall–Kier alpha value is -2.33. The Morgan fingerprint density at radius 2 is 2.25 bits per heavy atom. The van der Waals surface area contributed by atoms with E-state index >= 15 is 0 Å². The topological polar surface area (TPSA) is 121 Å². The first-order valence-electron chi connectivity index (χ1n) is 7.54. The molecule has 128 valence electrons. The Kier molecular flexibility index (Phi) is 4.58. The first-order chi connectivity index (χ1) is 11.5. The molecule has 0 spiro atoms. The summed E-state index contributed by atoms with van der Waals surface area (Å²) in [6.45, 7) is 2.26. The summed E-state index contributed by atoms with van der Waals surface area (Å²) in [4.78, 5) is 22.1. The van der Waals surface area contributed by atoms with Crippen molar-refractivity contribution in [2.24, 2.45) is 0 Å². The molecule has 10 heteroatoms.